The molecule has 0 aliphatic heterocycles. The summed E-state index contributed by atoms with van der Waals surface area (Å²) in [4.78, 5) is 0. The largest absolute Gasteiger partial charge is 0.493 e. The summed E-state index contributed by atoms with van der Waals surface area (Å²) in [5, 5.41) is 0.555. The fraction of sp³-hybridized carbons (Fsp3) is 0.538. The van der Waals surface area contributed by atoms with Crippen LogP contribution in [0.3, 0.4) is 0 Å². The molecule has 0 heterocycles. The van der Waals surface area contributed by atoms with E-state index in [1.807, 2.05) is 0 Å². The van der Waals surface area contributed by atoms with Gasteiger partial charge in [-0.15, -0.1) is 0 Å². The molecule has 1 fully saturated rings. The molecule has 1 aliphatic carbocycles. The third-order valence-electron chi connectivity index (χ3n) is 3.23. The molecule has 2 N–H and O–H groups in total. The SMILES string of the molecule is NCc1ccc(Cl)cc1OCC1CCC(F)(F)C1. The molecule has 0 spiro atoms. The number of nitrogens with two attached hydrogens (primary N) is 1. The molecule has 5 heteroatoms. The number of benzene rings is 1. The average molecular weight is 276 g/mol. The van der Waals surface area contributed by atoms with Gasteiger partial charge in [0.25, 0.3) is 0 Å². The standard InChI is InChI=1S/C13H16ClF2NO/c14-11-2-1-10(7-17)12(5-11)18-8-9-3-4-13(15,16)6-9/h1-2,5,9H,3-4,6-8,17H2. The van der Waals surface area contributed by atoms with Crippen molar-refractivity contribution in [2.75, 3.05) is 6.61 Å². The lowest BCUT2D eigenvalue weighted by Gasteiger charge is -2.14. The second-order valence-electron chi connectivity index (χ2n) is 4.73. The Bertz CT molecular complexity index is 425. The Balaban J connectivity index is 1.96. The van der Waals surface area contributed by atoms with Gasteiger partial charge in [-0.25, -0.2) is 8.78 Å². The average Bonchev–Trinajstić information content (AvgIpc) is 2.66. The molecule has 1 aromatic carbocycles. The number of hydrogen-bond donors (Lipinski definition) is 1. The molecule has 1 aromatic rings. The van der Waals surface area contributed by atoms with Gasteiger partial charge in [0.05, 0.1) is 6.61 Å². The van der Waals surface area contributed by atoms with Gasteiger partial charge in [-0.2, -0.15) is 0 Å². The van der Waals surface area contributed by atoms with E-state index >= 15 is 0 Å². The molecule has 1 atom stereocenters. The predicted molar refractivity (Wildman–Crippen MR) is 67.1 cm³/mol. The molecule has 1 saturated carbocycles. The lowest BCUT2D eigenvalue weighted by Crippen LogP contribution is -2.14. The van der Waals surface area contributed by atoms with Crippen LogP contribution in [0.1, 0.15) is 24.8 Å². The molecule has 100 valence electrons. The summed E-state index contributed by atoms with van der Waals surface area (Å²) in [5.74, 6) is -2.02. The van der Waals surface area contributed by atoms with Crippen molar-refractivity contribution in [1.29, 1.82) is 0 Å². The van der Waals surface area contributed by atoms with Crippen molar-refractivity contribution in [3.05, 3.63) is 28.8 Å². The number of rotatable bonds is 4. The summed E-state index contributed by atoms with van der Waals surface area (Å²) >= 11 is 5.87. The smallest absolute Gasteiger partial charge is 0.248 e. The van der Waals surface area contributed by atoms with Crippen LogP contribution in [0.4, 0.5) is 8.78 Å². The highest BCUT2D eigenvalue weighted by molar-refractivity contribution is 6.30. The maximum Gasteiger partial charge on any atom is 0.248 e. The van der Waals surface area contributed by atoms with Gasteiger partial charge in [0.2, 0.25) is 5.92 Å². The first-order valence-electron chi connectivity index (χ1n) is 5.99. The van der Waals surface area contributed by atoms with Crippen LogP contribution in [0, 0.1) is 5.92 Å². The Labute approximate surface area is 110 Å². The van der Waals surface area contributed by atoms with Crippen molar-refractivity contribution in [3.8, 4) is 5.75 Å². The van der Waals surface area contributed by atoms with E-state index in [0.717, 1.165) is 5.56 Å². The third-order valence-corrected chi connectivity index (χ3v) is 3.46. The summed E-state index contributed by atoms with van der Waals surface area (Å²) in [6, 6.07) is 5.21. The van der Waals surface area contributed by atoms with Gasteiger partial charge in [-0.3, -0.25) is 0 Å². The minimum Gasteiger partial charge on any atom is -0.493 e. The summed E-state index contributed by atoms with van der Waals surface area (Å²) < 4.78 is 31.7. The van der Waals surface area contributed by atoms with Crippen molar-refractivity contribution in [3.63, 3.8) is 0 Å². The van der Waals surface area contributed by atoms with Crippen LogP contribution in [-0.2, 0) is 6.54 Å². The van der Waals surface area contributed by atoms with Crippen LogP contribution < -0.4 is 10.5 Å². The highest BCUT2D eigenvalue weighted by Crippen LogP contribution is 2.39. The molecule has 0 aromatic heterocycles. The van der Waals surface area contributed by atoms with E-state index in [-0.39, 0.29) is 18.8 Å². The van der Waals surface area contributed by atoms with Gasteiger partial charge >= 0.3 is 0 Å². The Morgan fingerprint density at radius 3 is 2.83 bits per heavy atom. The molecule has 0 amide bonds. The van der Waals surface area contributed by atoms with E-state index in [4.69, 9.17) is 22.1 Å². The summed E-state index contributed by atoms with van der Waals surface area (Å²) in [6.07, 6.45) is 0.372. The first-order chi connectivity index (χ1) is 8.50. The number of alkyl halides is 2. The number of hydrogen-bond acceptors (Lipinski definition) is 2. The van der Waals surface area contributed by atoms with E-state index in [1.165, 1.54) is 0 Å². The molecule has 0 bridgehead atoms. The lowest BCUT2D eigenvalue weighted by molar-refractivity contribution is 0.00290. The van der Waals surface area contributed by atoms with Gasteiger partial charge in [-0.05, 0) is 24.5 Å². The minimum atomic E-state index is -2.53. The zero-order valence-electron chi connectivity index (χ0n) is 9.96. The molecule has 18 heavy (non-hydrogen) atoms. The van der Waals surface area contributed by atoms with E-state index in [9.17, 15) is 8.78 Å². The second kappa shape index (κ2) is 5.41. The van der Waals surface area contributed by atoms with Crippen molar-refractivity contribution < 1.29 is 13.5 Å². The number of halogens is 3. The van der Waals surface area contributed by atoms with E-state index in [1.54, 1.807) is 18.2 Å². The Hall–Kier alpha value is -0.870. The summed E-state index contributed by atoms with van der Waals surface area (Å²) in [6.45, 7) is 0.635. The lowest BCUT2D eigenvalue weighted by atomic mass is 10.1. The predicted octanol–water partition coefficient (Wildman–Crippen LogP) is 3.61. The number of ether oxygens (including phenoxy) is 1. The van der Waals surface area contributed by atoms with Crippen LogP contribution in [0.2, 0.25) is 5.02 Å². The fourth-order valence-corrected chi connectivity index (χ4v) is 2.39. The Morgan fingerprint density at radius 1 is 1.44 bits per heavy atom. The third kappa shape index (κ3) is 3.33. The second-order valence-corrected chi connectivity index (χ2v) is 5.17. The van der Waals surface area contributed by atoms with E-state index in [2.05, 4.69) is 0 Å². The highest BCUT2D eigenvalue weighted by Gasteiger charge is 2.39. The van der Waals surface area contributed by atoms with Gasteiger partial charge in [-0.1, -0.05) is 17.7 Å². The van der Waals surface area contributed by atoms with Crippen LogP contribution in [0.5, 0.6) is 5.75 Å². The Morgan fingerprint density at radius 2 is 2.22 bits per heavy atom. The van der Waals surface area contributed by atoms with Crippen LogP contribution in [0.15, 0.2) is 18.2 Å². The van der Waals surface area contributed by atoms with Gasteiger partial charge < -0.3 is 10.5 Å². The molecular weight excluding hydrogens is 260 g/mol. The van der Waals surface area contributed by atoms with Crippen molar-refractivity contribution >= 4 is 11.6 Å². The van der Waals surface area contributed by atoms with Crippen molar-refractivity contribution in [2.45, 2.75) is 31.7 Å². The van der Waals surface area contributed by atoms with Crippen molar-refractivity contribution in [1.82, 2.24) is 0 Å². The Kier molecular flexibility index (Phi) is 4.07. The van der Waals surface area contributed by atoms with E-state index < -0.39 is 5.92 Å². The van der Waals surface area contributed by atoms with Crippen molar-refractivity contribution in [2.24, 2.45) is 11.7 Å². The quantitative estimate of drug-likeness (QED) is 0.911. The molecule has 1 unspecified atom stereocenters. The molecule has 1 aliphatic rings. The minimum absolute atomic E-state index is 0.0414. The fourth-order valence-electron chi connectivity index (χ4n) is 2.22. The van der Waals surface area contributed by atoms with E-state index in [0.29, 0.717) is 30.3 Å². The maximum absolute atomic E-state index is 13.0. The van der Waals surface area contributed by atoms with Crippen LogP contribution in [-0.4, -0.2) is 12.5 Å². The highest BCUT2D eigenvalue weighted by atomic mass is 35.5. The van der Waals surface area contributed by atoms with Gasteiger partial charge in [0.15, 0.2) is 0 Å². The zero-order chi connectivity index (χ0) is 13.2. The first kappa shape index (κ1) is 13.6. The zero-order valence-corrected chi connectivity index (χ0v) is 10.7. The van der Waals surface area contributed by atoms with Crippen LogP contribution >= 0.6 is 11.6 Å². The monoisotopic (exact) mass is 275 g/mol. The molecule has 0 radical (unpaired) electrons. The maximum atomic E-state index is 13.0. The normalized spacial score (nSPS) is 22.1. The molecule has 2 nitrogen and oxygen atoms in total. The summed E-state index contributed by atoms with van der Waals surface area (Å²) in [7, 11) is 0. The molecule has 0 saturated heterocycles. The molecule has 2 rings (SSSR count). The first-order valence-corrected chi connectivity index (χ1v) is 6.37. The van der Waals surface area contributed by atoms with Crippen LogP contribution in [0.25, 0.3) is 0 Å². The van der Waals surface area contributed by atoms with Gasteiger partial charge in [0.1, 0.15) is 5.75 Å². The topological polar surface area (TPSA) is 35.2 Å². The molecular formula is C13H16ClF2NO. The van der Waals surface area contributed by atoms with Gasteiger partial charge in [0, 0.05) is 30.0 Å². The summed E-state index contributed by atoms with van der Waals surface area (Å²) in [5.41, 5.74) is 6.42.